The minimum Gasteiger partial charge on any atom is -0.382 e. The number of nitrogens with one attached hydrogen (secondary N) is 1. The van der Waals surface area contributed by atoms with Crippen LogP contribution >= 0.6 is 0 Å². The van der Waals surface area contributed by atoms with Crippen LogP contribution in [0.1, 0.15) is 19.9 Å². The number of nitrogen functional groups attached to an aromatic ring is 1. The highest BCUT2D eigenvalue weighted by Crippen LogP contribution is 2.23. The number of nitrogens with two attached hydrogens (primary N) is 1. The topological polar surface area (TPSA) is 117 Å². The standard InChI is InChI=1S/C18H17FN8O/c1-10(2)26-9-21-24-17(26)13-4-3-5-15(22-13)23-18(28)27-14-7-6-11(19)8-12(14)16(20)25-27/h3-10H,1-2H3,(H2,20,25)(H,22,23,28). The Labute approximate surface area is 159 Å². The number of halogens is 1. The number of nitrogens with zero attached hydrogens (tertiary/aromatic N) is 6. The average molecular weight is 380 g/mol. The molecule has 142 valence electrons. The van der Waals surface area contributed by atoms with E-state index in [1.807, 2.05) is 18.4 Å². The van der Waals surface area contributed by atoms with E-state index in [2.05, 4.69) is 25.6 Å². The van der Waals surface area contributed by atoms with Crippen LogP contribution in [0.5, 0.6) is 0 Å². The SMILES string of the molecule is CC(C)n1cnnc1-c1cccc(NC(=O)n2nc(N)c3cc(F)ccc32)n1. The number of pyridine rings is 1. The summed E-state index contributed by atoms with van der Waals surface area (Å²) in [4.78, 5) is 17.1. The van der Waals surface area contributed by atoms with Gasteiger partial charge in [-0.05, 0) is 44.2 Å². The zero-order valence-electron chi connectivity index (χ0n) is 15.2. The Hall–Kier alpha value is -3.82. The quantitative estimate of drug-likeness (QED) is 0.564. The number of hydrogen-bond donors (Lipinski definition) is 2. The number of rotatable bonds is 3. The zero-order valence-corrected chi connectivity index (χ0v) is 15.2. The molecule has 0 bridgehead atoms. The van der Waals surface area contributed by atoms with Crippen LogP contribution in [0, 0.1) is 5.82 Å². The van der Waals surface area contributed by atoms with Gasteiger partial charge in [0.25, 0.3) is 0 Å². The molecule has 0 aliphatic carbocycles. The van der Waals surface area contributed by atoms with Crippen LogP contribution in [0.2, 0.25) is 0 Å². The fraction of sp³-hybridized carbons (Fsp3) is 0.167. The van der Waals surface area contributed by atoms with Crippen LogP contribution in [0.15, 0.2) is 42.7 Å². The van der Waals surface area contributed by atoms with Crippen molar-refractivity contribution in [1.29, 1.82) is 0 Å². The number of amides is 1. The van der Waals surface area contributed by atoms with Gasteiger partial charge in [0.2, 0.25) is 0 Å². The molecule has 1 aromatic carbocycles. The first-order chi connectivity index (χ1) is 13.4. The zero-order chi connectivity index (χ0) is 19.8. The molecule has 0 radical (unpaired) electrons. The number of benzene rings is 1. The first-order valence-electron chi connectivity index (χ1n) is 8.56. The van der Waals surface area contributed by atoms with Gasteiger partial charge in [-0.25, -0.2) is 14.2 Å². The van der Waals surface area contributed by atoms with Gasteiger partial charge in [-0.15, -0.1) is 15.3 Å². The summed E-state index contributed by atoms with van der Waals surface area (Å²) in [6.07, 6.45) is 1.63. The van der Waals surface area contributed by atoms with Gasteiger partial charge in [-0.1, -0.05) is 6.07 Å². The summed E-state index contributed by atoms with van der Waals surface area (Å²) in [6, 6.07) is 8.69. The maximum atomic E-state index is 13.4. The number of fused-ring (bicyclic) bond motifs is 1. The molecule has 0 aliphatic heterocycles. The fourth-order valence-corrected chi connectivity index (χ4v) is 2.86. The number of carbonyl (C=O) groups excluding carboxylic acids is 1. The van der Waals surface area contributed by atoms with Crippen molar-refractivity contribution >= 4 is 28.6 Å². The predicted molar refractivity (Wildman–Crippen MR) is 102 cm³/mol. The maximum absolute atomic E-state index is 13.4. The third kappa shape index (κ3) is 3.04. The molecule has 0 saturated carbocycles. The molecule has 4 aromatic rings. The van der Waals surface area contributed by atoms with Gasteiger partial charge < -0.3 is 10.3 Å². The second kappa shape index (κ2) is 6.72. The average Bonchev–Trinajstić information content (AvgIpc) is 3.27. The van der Waals surface area contributed by atoms with Crippen LogP contribution in [-0.2, 0) is 0 Å². The van der Waals surface area contributed by atoms with Crippen LogP contribution in [-0.4, -0.2) is 35.6 Å². The van der Waals surface area contributed by atoms with Crippen molar-refractivity contribution in [2.24, 2.45) is 0 Å². The molecule has 0 atom stereocenters. The van der Waals surface area contributed by atoms with Crippen LogP contribution < -0.4 is 11.1 Å². The molecule has 0 spiro atoms. The van der Waals surface area contributed by atoms with E-state index < -0.39 is 11.8 Å². The van der Waals surface area contributed by atoms with Gasteiger partial charge in [0.15, 0.2) is 11.6 Å². The minimum absolute atomic E-state index is 0.0661. The highest BCUT2D eigenvalue weighted by molar-refractivity contribution is 6.00. The number of anilines is 2. The predicted octanol–water partition coefficient (Wildman–Crippen LogP) is 3.07. The molecule has 0 unspecified atom stereocenters. The third-order valence-corrected chi connectivity index (χ3v) is 4.21. The summed E-state index contributed by atoms with van der Waals surface area (Å²) >= 11 is 0. The van der Waals surface area contributed by atoms with Crippen molar-refractivity contribution in [1.82, 2.24) is 29.5 Å². The van der Waals surface area contributed by atoms with Gasteiger partial charge in [-0.2, -0.15) is 4.68 Å². The van der Waals surface area contributed by atoms with E-state index in [0.29, 0.717) is 28.2 Å². The van der Waals surface area contributed by atoms with E-state index >= 15 is 0 Å². The Balaban J connectivity index is 1.65. The Bertz CT molecular complexity index is 1180. The number of hydrogen-bond acceptors (Lipinski definition) is 6. The molecule has 10 heteroatoms. The van der Waals surface area contributed by atoms with Crippen molar-refractivity contribution in [2.75, 3.05) is 11.1 Å². The molecular formula is C18H17FN8O. The molecule has 0 fully saturated rings. The molecule has 9 nitrogen and oxygen atoms in total. The van der Waals surface area contributed by atoms with Crippen molar-refractivity contribution in [2.45, 2.75) is 19.9 Å². The normalized spacial score (nSPS) is 11.3. The third-order valence-electron chi connectivity index (χ3n) is 4.21. The molecule has 28 heavy (non-hydrogen) atoms. The minimum atomic E-state index is -0.566. The molecular weight excluding hydrogens is 363 g/mol. The van der Waals surface area contributed by atoms with Gasteiger partial charge in [-0.3, -0.25) is 5.32 Å². The van der Waals surface area contributed by atoms with Crippen LogP contribution in [0.3, 0.4) is 0 Å². The molecule has 3 N–H and O–H groups in total. The highest BCUT2D eigenvalue weighted by Gasteiger charge is 2.16. The first-order valence-corrected chi connectivity index (χ1v) is 8.56. The van der Waals surface area contributed by atoms with Crippen molar-refractivity contribution < 1.29 is 9.18 Å². The number of carbonyl (C=O) groups is 1. The fourth-order valence-electron chi connectivity index (χ4n) is 2.86. The second-order valence-electron chi connectivity index (χ2n) is 6.45. The van der Waals surface area contributed by atoms with E-state index in [9.17, 15) is 9.18 Å². The summed E-state index contributed by atoms with van der Waals surface area (Å²) in [5.74, 6) is 0.514. The molecule has 4 rings (SSSR count). The Morgan fingerprint density at radius 2 is 2.07 bits per heavy atom. The van der Waals surface area contributed by atoms with Gasteiger partial charge in [0, 0.05) is 11.4 Å². The Kier molecular flexibility index (Phi) is 4.22. The number of aromatic nitrogens is 6. The summed E-state index contributed by atoms with van der Waals surface area (Å²) in [7, 11) is 0. The molecule has 3 aromatic heterocycles. The van der Waals surface area contributed by atoms with Gasteiger partial charge >= 0.3 is 6.03 Å². The van der Waals surface area contributed by atoms with E-state index in [0.717, 1.165) is 4.68 Å². The lowest BCUT2D eigenvalue weighted by molar-refractivity contribution is 0.252. The maximum Gasteiger partial charge on any atom is 0.348 e. The summed E-state index contributed by atoms with van der Waals surface area (Å²) in [5.41, 5.74) is 6.76. The van der Waals surface area contributed by atoms with E-state index in [1.165, 1.54) is 18.2 Å². The lowest BCUT2D eigenvalue weighted by atomic mass is 10.2. The van der Waals surface area contributed by atoms with Crippen LogP contribution in [0.4, 0.5) is 20.8 Å². The molecule has 3 heterocycles. The summed E-state index contributed by atoms with van der Waals surface area (Å²) in [6.45, 7) is 4.02. The molecule has 0 saturated heterocycles. The lowest BCUT2D eigenvalue weighted by Crippen LogP contribution is -2.21. The lowest BCUT2D eigenvalue weighted by Gasteiger charge is -2.10. The summed E-state index contributed by atoms with van der Waals surface area (Å²) < 4.78 is 16.4. The van der Waals surface area contributed by atoms with Crippen LogP contribution in [0.25, 0.3) is 22.4 Å². The smallest absolute Gasteiger partial charge is 0.348 e. The molecule has 1 amide bonds. The van der Waals surface area contributed by atoms with E-state index in [4.69, 9.17) is 5.73 Å². The van der Waals surface area contributed by atoms with Crippen molar-refractivity contribution in [3.05, 3.63) is 48.5 Å². The highest BCUT2D eigenvalue weighted by atomic mass is 19.1. The van der Waals surface area contributed by atoms with E-state index in [-0.39, 0.29) is 11.9 Å². The van der Waals surface area contributed by atoms with Crippen molar-refractivity contribution in [3.63, 3.8) is 0 Å². The second-order valence-corrected chi connectivity index (χ2v) is 6.45. The largest absolute Gasteiger partial charge is 0.382 e. The Morgan fingerprint density at radius 3 is 2.86 bits per heavy atom. The Morgan fingerprint density at radius 1 is 1.25 bits per heavy atom. The summed E-state index contributed by atoms with van der Waals surface area (Å²) in [5, 5.41) is 15.1. The first kappa shape index (κ1) is 17.6. The van der Waals surface area contributed by atoms with Crippen molar-refractivity contribution in [3.8, 4) is 11.5 Å². The monoisotopic (exact) mass is 380 g/mol. The van der Waals surface area contributed by atoms with Gasteiger partial charge in [0.1, 0.15) is 23.7 Å². The van der Waals surface area contributed by atoms with E-state index in [1.54, 1.807) is 24.5 Å². The van der Waals surface area contributed by atoms with Gasteiger partial charge in [0.05, 0.1) is 5.52 Å². The molecule has 0 aliphatic rings.